The third-order valence-electron chi connectivity index (χ3n) is 2.66. The van der Waals surface area contributed by atoms with Crippen LogP contribution < -0.4 is 0 Å². The fourth-order valence-corrected chi connectivity index (χ4v) is 2.48. The van der Waals surface area contributed by atoms with Crippen LogP contribution >= 0.6 is 23.2 Å². The molecule has 0 spiro atoms. The van der Waals surface area contributed by atoms with Gasteiger partial charge in [-0.3, -0.25) is 0 Å². The van der Waals surface area contributed by atoms with Crippen molar-refractivity contribution < 1.29 is 8.78 Å². The average Bonchev–Trinajstić information content (AvgIpc) is 2.28. The van der Waals surface area contributed by atoms with Gasteiger partial charge in [-0.15, -0.1) is 11.6 Å². The number of rotatable bonds is 2. The number of halogens is 4. The van der Waals surface area contributed by atoms with Gasteiger partial charge in [-0.2, -0.15) is 0 Å². The predicted molar refractivity (Wildman–Crippen MR) is 70.2 cm³/mol. The van der Waals surface area contributed by atoms with Crippen molar-refractivity contribution in [1.29, 1.82) is 0 Å². The molecule has 0 heterocycles. The van der Waals surface area contributed by atoms with E-state index in [1.807, 2.05) is 13.0 Å². The van der Waals surface area contributed by atoms with Crippen LogP contribution in [0.15, 0.2) is 36.4 Å². The molecule has 94 valence electrons. The van der Waals surface area contributed by atoms with Crippen molar-refractivity contribution in [1.82, 2.24) is 0 Å². The second-order valence-corrected chi connectivity index (χ2v) is 4.90. The van der Waals surface area contributed by atoms with Gasteiger partial charge in [0.05, 0.1) is 5.38 Å². The van der Waals surface area contributed by atoms with Crippen LogP contribution in [0.3, 0.4) is 0 Å². The minimum absolute atomic E-state index is 0.212. The lowest BCUT2D eigenvalue weighted by atomic mass is 10.0. The second kappa shape index (κ2) is 5.25. The van der Waals surface area contributed by atoms with Crippen LogP contribution in [0.5, 0.6) is 0 Å². The van der Waals surface area contributed by atoms with E-state index in [-0.39, 0.29) is 5.56 Å². The van der Waals surface area contributed by atoms with Crippen LogP contribution in [0.1, 0.15) is 22.1 Å². The molecule has 0 saturated heterocycles. The molecule has 0 aliphatic rings. The number of hydrogen-bond acceptors (Lipinski definition) is 0. The van der Waals surface area contributed by atoms with E-state index in [1.54, 1.807) is 12.1 Å². The smallest absolute Gasteiger partial charge is 0.131 e. The maximum absolute atomic E-state index is 13.6. The molecule has 0 aliphatic heterocycles. The molecule has 0 fully saturated rings. The van der Waals surface area contributed by atoms with Crippen LogP contribution in [0.4, 0.5) is 8.78 Å². The Bertz CT molecular complexity index is 531. The summed E-state index contributed by atoms with van der Waals surface area (Å²) in [5.41, 5.74) is 1.81. The molecule has 18 heavy (non-hydrogen) atoms. The number of aryl methyl sites for hydroxylation is 1. The van der Waals surface area contributed by atoms with Gasteiger partial charge in [0, 0.05) is 16.7 Å². The first-order chi connectivity index (χ1) is 8.49. The van der Waals surface area contributed by atoms with Crippen LogP contribution in [0.25, 0.3) is 0 Å². The van der Waals surface area contributed by atoms with E-state index in [0.29, 0.717) is 10.6 Å². The monoisotopic (exact) mass is 286 g/mol. The van der Waals surface area contributed by atoms with Crippen molar-refractivity contribution in [3.63, 3.8) is 0 Å². The van der Waals surface area contributed by atoms with Gasteiger partial charge in [0.15, 0.2) is 0 Å². The van der Waals surface area contributed by atoms with Gasteiger partial charge < -0.3 is 0 Å². The highest BCUT2D eigenvalue weighted by atomic mass is 35.5. The highest BCUT2D eigenvalue weighted by Gasteiger charge is 2.18. The molecule has 1 atom stereocenters. The molecule has 0 saturated carbocycles. The Labute approximate surface area is 114 Å². The normalized spacial score (nSPS) is 12.5. The van der Waals surface area contributed by atoms with E-state index in [0.717, 1.165) is 11.6 Å². The summed E-state index contributed by atoms with van der Waals surface area (Å²) in [7, 11) is 0. The Morgan fingerprint density at radius 1 is 1.00 bits per heavy atom. The summed E-state index contributed by atoms with van der Waals surface area (Å²) < 4.78 is 26.5. The van der Waals surface area contributed by atoms with E-state index < -0.39 is 17.0 Å². The Hall–Kier alpha value is -1.12. The molecule has 1 unspecified atom stereocenters. The molecular weight excluding hydrogens is 277 g/mol. The van der Waals surface area contributed by atoms with Gasteiger partial charge in [-0.25, -0.2) is 8.78 Å². The molecule has 0 amide bonds. The van der Waals surface area contributed by atoms with E-state index >= 15 is 0 Å². The first-order valence-corrected chi connectivity index (χ1v) is 6.15. The zero-order valence-electron chi connectivity index (χ0n) is 9.55. The molecule has 4 heteroatoms. The molecule has 0 radical (unpaired) electrons. The van der Waals surface area contributed by atoms with Gasteiger partial charge >= 0.3 is 0 Å². The van der Waals surface area contributed by atoms with Gasteiger partial charge in [0.25, 0.3) is 0 Å². The van der Waals surface area contributed by atoms with E-state index in [1.165, 1.54) is 12.1 Å². The lowest BCUT2D eigenvalue weighted by Crippen LogP contribution is -1.99. The fourth-order valence-electron chi connectivity index (χ4n) is 1.71. The molecule has 0 aromatic heterocycles. The topological polar surface area (TPSA) is 0 Å². The Morgan fingerprint density at radius 2 is 1.67 bits per heavy atom. The van der Waals surface area contributed by atoms with Crippen molar-refractivity contribution in [2.75, 3.05) is 0 Å². The molecule has 0 N–H and O–H groups in total. The summed E-state index contributed by atoms with van der Waals surface area (Å²) in [6, 6.07) is 8.67. The Morgan fingerprint density at radius 3 is 2.28 bits per heavy atom. The summed E-state index contributed by atoms with van der Waals surface area (Å²) in [6.45, 7) is 1.90. The number of hydrogen-bond donors (Lipinski definition) is 0. The van der Waals surface area contributed by atoms with Crippen molar-refractivity contribution >= 4 is 23.2 Å². The van der Waals surface area contributed by atoms with E-state index in [2.05, 4.69) is 0 Å². The lowest BCUT2D eigenvalue weighted by molar-refractivity contribution is 0.573. The van der Waals surface area contributed by atoms with Crippen LogP contribution in [0.2, 0.25) is 5.02 Å². The summed E-state index contributed by atoms with van der Waals surface area (Å²) in [6.07, 6.45) is 0. The van der Waals surface area contributed by atoms with Crippen LogP contribution in [-0.2, 0) is 0 Å². The van der Waals surface area contributed by atoms with E-state index in [4.69, 9.17) is 23.2 Å². The summed E-state index contributed by atoms with van der Waals surface area (Å²) in [5.74, 6) is -1.30. The van der Waals surface area contributed by atoms with Crippen molar-refractivity contribution in [2.24, 2.45) is 0 Å². The summed E-state index contributed by atoms with van der Waals surface area (Å²) in [4.78, 5) is 0. The SMILES string of the molecule is Cc1ccc(C(Cl)c2ccc(F)cc2F)c(Cl)c1. The molecule has 0 nitrogen and oxygen atoms in total. The Kier molecular flexibility index (Phi) is 3.88. The standard InChI is InChI=1S/C14H10Cl2F2/c1-8-2-4-10(12(15)6-8)14(16)11-5-3-9(17)7-13(11)18/h2-7,14H,1H3. The second-order valence-electron chi connectivity index (χ2n) is 4.05. The quantitative estimate of drug-likeness (QED) is 0.661. The van der Waals surface area contributed by atoms with E-state index in [9.17, 15) is 8.78 Å². The first-order valence-electron chi connectivity index (χ1n) is 5.34. The van der Waals surface area contributed by atoms with Gasteiger partial charge in [0.1, 0.15) is 11.6 Å². The minimum atomic E-state index is -0.737. The minimum Gasteiger partial charge on any atom is -0.207 e. The maximum Gasteiger partial charge on any atom is 0.131 e. The van der Waals surface area contributed by atoms with Crippen LogP contribution in [0, 0.1) is 18.6 Å². The van der Waals surface area contributed by atoms with Crippen molar-refractivity contribution in [3.05, 3.63) is 69.7 Å². The molecule has 2 aromatic rings. The third kappa shape index (κ3) is 2.65. The predicted octanol–water partition coefficient (Wildman–Crippen LogP) is 5.25. The highest BCUT2D eigenvalue weighted by Crippen LogP contribution is 2.35. The van der Waals surface area contributed by atoms with Crippen LogP contribution in [-0.4, -0.2) is 0 Å². The number of benzene rings is 2. The summed E-state index contributed by atoms with van der Waals surface area (Å²) in [5, 5.41) is -0.266. The van der Waals surface area contributed by atoms with Gasteiger partial charge in [0.2, 0.25) is 0 Å². The third-order valence-corrected chi connectivity index (χ3v) is 3.46. The molecule has 0 aliphatic carbocycles. The van der Waals surface area contributed by atoms with Crippen molar-refractivity contribution in [2.45, 2.75) is 12.3 Å². The summed E-state index contributed by atoms with van der Waals surface area (Å²) >= 11 is 12.3. The fraction of sp³-hybridized carbons (Fsp3) is 0.143. The molecular formula is C14H10Cl2F2. The maximum atomic E-state index is 13.6. The zero-order chi connectivity index (χ0) is 13.3. The largest absolute Gasteiger partial charge is 0.207 e. The highest BCUT2D eigenvalue weighted by molar-refractivity contribution is 6.33. The van der Waals surface area contributed by atoms with Gasteiger partial charge in [-0.1, -0.05) is 29.8 Å². The molecule has 2 rings (SSSR count). The zero-order valence-corrected chi connectivity index (χ0v) is 11.1. The first kappa shape index (κ1) is 13.3. The Balaban J connectivity index is 2.44. The molecule has 2 aromatic carbocycles. The van der Waals surface area contributed by atoms with Gasteiger partial charge in [-0.05, 0) is 30.2 Å². The van der Waals surface area contributed by atoms with Crippen molar-refractivity contribution in [3.8, 4) is 0 Å². The average molecular weight is 287 g/mol. The lowest BCUT2D eigenvalue weighted by Gasteiger charge is -2.13. The molecule has 0 bridgehead atoms. The number of alkyl halides is 1.